The molecule has 0 saturated heterocycles. The van der Waals surface area contributed by atoms with Crippen molar-refractivity contribution in [2.75, 3.05) is 11.5 Å². The van der Waals surface area contributed by atoms with Crippen molar-refractivity contribution in [3.05, 3.63) is 60.6 Å². The summed E-state index contributed by atoms with van der Waals surface area (Å²) in [4.78, 5) is 33.4. The van der Waals surface area contributed by atoms with Crippen LogP contribution in [0.2, 0.25) is 0 Å². The predicted octanol–water partition coefficient (Wildman–Crippen LogP) is 5.86. The number of rotatable bonds is 7. The highest BCUT2D eigenvalue weighted by Gasteiger charge is 2.38. The number of aromatic nitrogens is 5. The summed E-state index contributed by atoms with van der Waals surface area (Å²) in [6.45, 7) is 4.30. The van der Waals surface area contributed by atoms with Gasteiger partial charge in [-0.1, -0.05) is 31.9 Å². The summed E-state index contributed by atoms with van der Waals surface area (Å²) in [7, 11) is 0. The third kappa shape index (κ3) is 5.12. The highest BCUT2D eigenvalue weighted by atomic mass is 16.5. The van der Waals surface area contributed by atoms with Gasteiger partial charge in [-0.15, -0.1) is 5.10 Å². The Morgan fingerprint density at radius 3 is 2.48 bits per heavy atom. The lowest BCUT2D eigenvalue weighted by Gasteiger charge is -2.34. The zero-order valence-electron chi connectivity index (χ0n) is 23.2. The van der Waals surface area contributed by atoms with Crippen molar-refractivity contribution in [2.24, 2.45) is 11.8 Å². The first-order valence-electron chi connectivity index (χ1n) is 14.5. The Morgan fingerprint density at radius 2 is 1.77 bits per heavy atom. The Labute approximate surface area is 234 Å². The maximum Gasteiger partial charge on any atom is 0.343 e. The van der Waals surface area contributed by atoms with Crippen LogP contribution in [-0.2, 0) is 9.53 Å². The van der Waals surface area contributed by atoms with Crippen LogP contribution in [-0.4, -0.2) is 48.9 Å². The van der Waals surface area contributed by atoms with E-state index >= 15 is 0 Å². The van der Waals surface area contributed by atoms with Crippen molar-refractivity contribution in [3.8, 4) is 16.9 Å². The molecule has 6 rings (SSSR count). The minimum absolute atomic E-state index is 0.0313. The minimum atomic E-state index is -0.453. The van der Waals surface area contributed by atoms with Crippen LogP contribution in [0.15, 0.2) is 55.0 Å². The fourth-order valence-electron chi connectivity index (χ4n) is 6.11. The second kappa shape index (κ2) is 11.2. The molecule has 2 aliphatic carbocycles. The lowest BCUT2D eigenvalue weighted by Crippen LogP contribution is -2.44. The molecule has 0 aliphatic heterocycles. The molecule has 3 heterocycles. The molecule has 2 aliphatic rings. The van der Waals surface area contributed by atoms with E-state index in [0.29, 0.717) is 17.3 Å². The molecule has 1 amide bonds. The second-order valence-corrected chi connectivity index (χ2v) is 11.1. The van der Waals surface area contributed by atoms with Gasteiger partial charge in [0.05, 0.1) is 18.0 Å². The van der Waals surface area contributed by atoms with Crippen molar-refractivity contribution in [2.45, 2.75) is 71.3 Å². The molecule has 2 fully saturated rings. The molecule has 0 bridgehead atoms. The molecule has 3 aromatic heterocycles. The van der Waals surface area contributed by atoms with E-state index in [2.05, 4.69) is 17.0 Å². The highest BCUT2D eigenvalue weighted by molar-refractivity contribution is 6.02. The van der Waals surface area contributed by atoms with Gasteiger partial charge in [0.25, 0.3) is 0 Å². The molecule has 0 unspecified atom stereocenters. The van der Waals surface area contributed by atoms with Crippen LogP contribution in [0.5, 0.6) is 0 Å². The summed E-state index contributed by atoms with van der Waals surface area (Å²) in [5.74, 6) is 0.690. The van der Waals surface area contributed by atoms with Gasteiger partial charge in [-0.2, -0.15) is 5.10 Å². The number of hydrogen-bond acceptors (Lipinski definition) is 6. The van der Waals surface area contributed by atoms with Crippen LogP contribution in [0.25, 0.3) is 22.6 Å². The molecule has 2 saturated carbocycles. The lowest BCUT2D eigenvalue weighted by molar-refractivity contribution is -0.124. The Kier molecular flexibility index (Phi) is 7.36. The average Bonchev–Trinajstić information content (AvgIpc) is 3.74. The van der Waals surface area contributed by atoms with Gasteiger partial charge < -0.3 is 4.74 Å². The Morgan fingerprint density at radius 1 is 1.02 bits per heavy atom. The zero-order chi connectivity index (χ0) is 27.6. The van der Waals surface area contributed by atoms with Gasteiger partial charge in [-0.25, -0.2) is 19.0 Å². The summed E-state index contributed by atoms with van der Waals surface area (Å²) in [5, 5.41) is 9.50. The van der Waals surface area contributed by atoms with E-state index in [0.717, 1.165) is 74.0 Å². The molecule has 4 aromatic rings. The summed E-state index contributed by atoms with van der Waals surface area (Å²) >= 11 is 0. The lowest BCUT2D eigenvalue weighted by atomic mass is 9.82. The number of amides is 1. The van der Waals surface area contributed by atoms with E-state index in [4.69, 9.17) is 9.84 Å². The number of nitrogens with zero attached hydrogens (tertiary/aromatic N) is 6. The van der Waals surface area contributed by atoms with Crippen LogP contribution >= 0.6 is 0 Å². The number of fused-ring (bicyclic) bond motifs is 1. The number of anilines is 1. The smallest absolute Gasteiger partial charge is 0.343 e. The molecule has 9 heteroatoms. The standard InChI is InChI=1S/C31H36N6O3/c1-3-40-31(39)26-20-36(24-15-13-22(14-16-24)27-19-28-32-17-6-18-35(28)33-27)34-29(26)37(25-7-4-5-8-25)30(38)23-11-9-21(2)10-12-23/h6,13-21,23,25H,3-5,7-12H2,1-2H3/t21-,23-. The normalized spacial score (nSPS) is 19.6. The van der Waals surface area contributed by atoms with Gasteiger partial charge in [0.1, 0.15) is 5.56 Å². The monoisotopic (exact) mass is 540 g/mol. The first kappa shape index (κ1) is 26.2. The molecule has 0 spiro atoms. The summed E-state index contributed by atoms with van der Waals surface area (Å²) in [6, 6.07) is 11.7. The van der Waals surface area contributed by atoms with E-state index in [1.807, 2.05) is 47.5 Å². The van der Waals surface area contributed by atoms with Crippen molar-refractivity contribution in [1.29, 1.82) is 0 Å². The predicted molar refractivity (Wildman–Crippen MR) is 152 cm³/mol. The Bertz CT molecular complexity index is 1460. The largest absolute Gasteiger partial charge is 0.462 e. The molecule has 0 radical (unpaired) electrons. The third-order valence-electron chi connectivity index (χ3n) is 8.37. The maximum absolute atomic E-state index is 14.1. The Balaban J connectivity index is 1.35. The molecular weight excluding hydrogens is 504 g/mol. The number of ether oxygens (including phenoxy) is 1. The van der Waals surface area contributed by atoms with Gasteiger partial charge in [-0.3, -0.25) is 9.69 Å². The maximum atomic E-state index is 14.1. The first-order valence-corrected chi connectivity index (χ1v) is 14.5. The number of esters is 1. The number of hydrogen-bond donors (Lipinski definition) is 0. The summed E-state index contributed by atoms with van der Waals surface area (Å²) in [6.07, 6.45) is 13.2. The first-order chi connectivity index (χ1) is 19.5. The van der Waals surface area contributed by atoms with Gasteiger partial charge >= 0.3 is 5.97 Å². The molecule has 9 nitrogen and oxygen atoms in total. The molecule has 208 valence electrons. The number of benzene rings is 1. The van der Waals surface area contributed by atoms with Crippen LogP contribution in [0, 0.1) is 11.8 Å². The molecular formula is C31H36N6O3. The van der Waals surface area contributed by atoms with E-state index in [1.165, 1.54) is 0 Å². The van der Waals surface area contributed by atoms with Crippen LogP contribution in [0.3, 0.4) is 0 Å². The highest BCUT2D eigenvalue weighted by Crippen LogP contribution is 2.36. The van der Waals surface area contributed by atoms with Gasteiger partial charge in [0, 0.05) is 42.2 Å². The van der Waals surface area contributed by atoms with Crippen LogP contribution in [0.1, 0.15) is 75.6 Å². The minimum Gasteiger partial charge on any atom is -0.462 e. The molecule has 0 N–H and O–H groups in total. The fraction of sp³-hybridized carbons (Fsp3) is 0.452. The number of carbonyl (C=O) groups is 2. The van der Waals surface area contributed by atoms with Crippen molar-refractivity contribution in [3.63, 3.8) is 0 Å². The van der Waals surface area contributed by atoms with E-state index in [1.54, 1.807) is 28.5 Å². The quantitative estimate of drug-likeness (QED) is 0.273. The number of carbonyl (C=O) groups excluding carboxylic acids is 2. The van der Waals surface area contributed by atoms with Gasteiger partial charge in [0.15, 0.2) is 11.5 Å². The topological polar surface area (TPSA) is 94.6 Å². The van der Waals surface area contributed by atoms with Crippen LogP contribution in [0.4, 0.5) is 5.82 Å². The van der Waals surface area contributed by atoms with Crippen molar-refractivity contribution in [1.82, 2.24) is 24.4 Å². The second-order valence-electron chi connectivity index (χ2n) is 11.1. The molecule has 0 atom stereocenters. The summed E-state index contributed by atoms with van der Waals surface area (Å²) in [5.41, 5.74) is 3.66. The van der Waals surface area contributed by atoms with Gasteiger partial charge in [0.2, 0.25) is 5.91 Å². The van der Waals surface area contributed by atoms with E-state index < -0.39 is 5.97 Å². The third-order valence-corrected chi connectivity index (χ3v) is 8.37. The molecule has 40 heavy (non-hydrogen) atoms. The fourth-order valence-corrected chi connectivity index (χ4v) is 6.11. The Hall–Kier alpha value is -4.01. The van der Waals surface area contributed by atoms with Crippen molar-refractivity contribution < 1.29 is 14.3 Å². The van der Waals surface area contributed by atoms with Gasteiger partial charge in [-0.05, 0) is 69.6 Å². The van der Waals surface area contributed by atoms with Crippen LogP contribution < -0.4 is 4.90 Å². The SMILES string of the molecule is CCOC(=O)c1cn(-c2ccc(-c3cc4ncccn4n3)cc2)nc1N(C(=O)[C@H]1CC[C@H](C)CC1)C1CCCC1. The van der Waals surface area contributed by atoms with Crippen molar-refractivity contribution >= 4 is 23.3 Å². The summed E-state index contributed by atoms with van der Waals surface area (Å²) < 4.78 is 8.86. The zero-order valence-corrected chi connectivity index (χ0v) is 23.2. The average molecular weight is 541 g/mol. The van der Waals surface area contributed by atoms with E-state index in [-0.39, 0.29) is 24.5 Å². The molecule has 1 aromatic carbocycles. The van der Waals surface area contributed by atoms with E-state index in [9.17, 15) is 9.59 Å².